The molecule has 0 amide bonds. The van der Waals surface area contributed by atoms with Crippen molar-refractivity contribution in [3.8, 4) is 0 Å². The molecule has 0 aromatic heterocycles. The minimum Gasteiger partial charge on any atom is -0.457 e. The Morgan fingerprint density at radius 2 is 1.25 bits per heavy atom. The van der Waals surface area contributed by atoms with E-state index in [1.807, 2.05) is 0 Å². The predicted octanol–water partition coefficient (Wildman–Crippen LogP) is 2.34. The number of carbonyl (C=O) groups is 4. The van der Waals surface area contributed by atoms with Gasteiger partial charge in [-0.1, -0.05) is 0 Å². The highest BCUT2D eigenvalue weighted by Crippen LogP contribution is 2.11. The van der Waals surface area contributed by atoms with E-state index in [1.165, 1.54) is 20.8 Å². The van der Waals surface area contributed by atoms with E-state index in [-0.39, 0.29) is 18.6 Å². The third kappa shape index (κ3) is 10.7. The molecule has 0 aliphatic heterocycles. The molecule has 138 valence electrons. The molecule has 0 heterocycles. The van der Waals surface area contributed by atoms with Crippen LogP contribution < -0.4 is 0 Å². The largest absolute Gasteiger partial charge is 0.457 e. The molecule has 2 atom stereocenters. The normalized spacial score (nSPS) is 13.6. The summed E-state index contributed by atoms with van der Waals surface area (Å²) in [6, 6.07) is 0. The maximum Gasteiger partial charge on any atom is 0.347 e. The maximum atomic E-state index is 11.7. The first kappa shape index (κ1) is 22.1. The summed E-state index contributed by atoms with van der Waals surface area (Å²) >= 11 is 0. The molecule has 0 bridgehead atoms. The number of carbonyl (C=O) groups excluding carboxylic acids is 4. The minimum atomic E-state index is -0.974. The zero-order valence-electron chi connectivity index (χ0n) is 15.3. The third-order valence-electron chi connectivity index (χ3n) is 2.94. The van der Waals surface area contributed by atoms with Gasteiger partial charge in [0, 0.05) is 12.8 Å². The monoisotopic (exact) mass is 344 g/mol. The van der Waals surface area contributed by atoms with E-state index in [0.717, 1.165) is 0 Å². The lowest BCUT2D eigenvalue weighted by molar-refractivity contribution is -0.174. The van der Waals surface area contributed by atoms with E-state index in [9.17, 15) is 19.2 Å². The lowest BCUT2D eigenvalue weighted by atomic mass is 10.2. The lowest BCUT2D eigenvalue weighted by Crippen LogP contribution is -2.33. The molecule has 0 aliphatic carbocycles. The molecule has 0 N–H and O–H groups in total. The second kappa shape index (κ2) is 10.1. The van der Waals surface area contributed by atoms with Gasteiger partial charge in [0.05, 0.1) is 0 Å². The molecular formula is C17H28O7. The van der Waals surface area contributed by atoms with Crippen LogP contribution in [-0.4, -0.2) is 41.5 Å². The van der Waals surface area contributed by atoms with Crippen molar-refractivity contribution in [2.45, 2.75) is 85.0 Å². The molecule has 0 saturated carbocycles. The van der Waals surface area contributed by atoms with Crippen LogP contribution in [0.3, 0.4) is 0 Å². The first-order valence-corrected chi connectivity index (χ1v) is 8.04. The number of unbranched alkanes of at least 4 members (excludes halogenated alkanes) is 1. The first-order valence-electron chi connectivity index (χ1n) is 8.04. The van der Waals surface area contributed by atoms with Gasteiger partial charge < -0.3 is 14.2 Å². The van der Waals surface area contributed by atoms with Crippen molar-refractivity contribution in [2.75, 3.05) is 0 Å². The summed E-state index contributed by atoms with van der Waals surface area (Å²) in [4.78, 5) is 45.7. The second-order valence-corrected chi connectivity index (χ2v) is 6.62. The van der Waals surface area contributed by atoms with Crippen molar-refractivity contribution in [2.24, 2.45) is 0 Å². The molecule has 0 spiro atoms. The summed E-state index contributed by atoms with van der Waals surface area (Å²) < 4.78 is 15.0. The smallest absolute Gasteiger partial charge is 0.347 e. The number of esters is 3. The Labute approximate surface area is 143 Å². The van der Waals surface area contributed by atoms with Crippen LogP contribution in [0.4, 0.5) is 0 Å². The highest BCUT2D eigenvalue weighted by Gasteiger charge is 2.24. The Hall–Kier alpha value is -1.92. The topological polar surface area (TPSA) is 96.0 Å². The zero-order valence-corrected chi connectivity index (χ0v) is 15.3. The highest BCUT2D eigenvalue weighted by molar-refractivity contribution is 5.83. The number of hydrogen-bond donors (Lipinski definition) is 0. The SMILES string of the molecule is CC(=O)C(C)OC(=O)CCCCC(=O)OC(C)C(=O)OC(C)(C)C. The standard InChI is InChI=1S/C17H28O7/c1-11(18)12(2)22-14(19)9-7-8-10-15(20)23-13(3)16(21)24-17(4,5)6/h12-13H,7-10H2,1-6H3. The molecule has 7 heteroatoms. The summed E-state index contributed by atoms with van der Waals surface area (Å²) in [6.45, 7) is 9.49. The number of hydrogen-bond acceptors (Lipinski definition) is 7. The van der Waals surface area contributed by atoms with Crippen LogP contribution in [0, 0.1) is 0 Å². The predicted molar refractivity (Wildman–Crippen MR) is 86.1 cm³/mol. The molecular weight excluding hydrogens is 316 g/mol. The van der Waals surface area contributed by atoms with Crippen LogP contribution in [0.5, 0.6) is 0 Å². The van der Waals surface area contributed by atoms with E-state index in [2.05, 4.69) is 0 Å². The Kier molecular flexibility index (Phi) is 9.25. The molecule has 0 aliphatic rings. The summed E-state index contributed by atoms with van der Waals surface area (Å²) in [5.41, 5.74) is -0.644. The number of Topliss-reactive ketones (excluding diaryl/α,β-unsaturated/α-hetero) is 1. The summed E-state index contributed by atoms with van der Waals surface area (Å²) in [5, 5.41) is 0. The van der Waals surface area contributed by atoms with Gasteiger partial charge >= 0.3 is 17.9 Å². The van der Waals surface area contributed by atoms with E-state index in [1.54, 1.807) is 20.8 Å². The van der Waals surface area contributed by atoms with Crippen LogP contribution in [0.2, 0.25) is 0 Å². The molecule has 2 unspecified atom stereocenters. The Morgan fingerprint density at radius 3 is 1.62 bits per heavy atom. The fourth-order valence-electron chi connectivity index (χ4n) is 1.57. The van der Waals surface area contributed by atoms with Gasteiger partial charge in [-0.25, -0.2) is 4.79 Å². The molecule has 0 fully saturated rings. The maximum absolute atomic E-state index is 11.7. The quantitative estimate of drug-likeness (QED) is 0.360. The molecule has 24 heavy (non-hydrogen) atoms. The van der Waals surface area contributed by atoms with Gasteiger partial charge in [-0.2, -0.15) is 0 Å². The fourth-order valence-corrected chi connectivity index (χ4v) is 1.57. The molecule has 7 nitrogen and oxygen atoms in total. The van der Waals surface area contributed by atoms with Crippen molar-refractivity contribution in [3.05, 3.63) is 0 Å². The van der Waals surface area contributed by atoms with Crippen molar-refractivity contribution < 1.29 is 33.4 Å². The number of ether oxygens (including phenoxy) is 3. The Balaban J connectivity index is 3.96. The van der Waals surface area contributed by atoms with Crippen LogP contribution in [0.25, 0.3) is 0 Å². The Morgan fingerprint density at radius 1 is 0.833 bits per heavy atom. The van der Waals surface area contributed by atoms with E-state index < -0.39 is 35.7 Å². The van der Waals surface area contributed by atoms with E-state index >= 15 is 0 Å². The van der Waals surface area contributed by atoms with Gasteiger partial charge in [0.2, 0.25) is 0 Å². The summed E-state index contributed by atoms with van der Waals surface area (Å²) in [7, 11) is 0. The summed E-state index contributed by atoms with van der Waals surface area (Å²) in [5.74, 6) is -1.83. The van der Waals surface area contributed by atoms with Gasteiger partial charge in [-0.3, -0.25) is 14.4 Å². The number of rotatable bonds is 9. The van der Waals surface area contributed by atoms with E-state index in [4.69, 9.17) is 14.2 Å². The van der Waals surface area contributed by atoms with Gasteiger partial charge in [0.1, 0.15) is 5.60 Å². The molecule has 0 saturated heterocycles. The number of ketones is 1. The van der Waals surface area contributed by atoms with Crippen molar-refractivity contribution in [1.29, 1.82) is 0 Å². The van der Waals surface area contributed by atoms with Crippen molar-refractivity contribution in [1.82, 2.24) is 0 Å². The Bertz CT molecular complexity index is 462. The zero-order chi connectivity index (χ0) is 18.9. The lowest BCUT2D eigenvalue weighted by Gasteiger charge is -2.22. The van der Waals surface area contributed by atoms with Crippen LogP contribution in [-0.2, 0) is 33.4 Å². The molecule has 0 radical (unpaired) electrons. The second-order valence-electron chi connectivity index (χ2n) is 6.62. The van der Waals surface area contributed by atoms with Gasteiger partial charge in [0.15, 0.2) is 18.0 Å². The average Bonchev–Trinajstić information content (AvgIpc) is 2.41. The molecule has 0 aromatic carbocycles. The third-order valence-corrected chi connectivity index (χ3v) is 2.94. The van der Waals surface area contributed by atoms with Crippen LogP contribution >= 0.6 is 0 Å². The average molecular weight is 344 g/mol. The van der Waals surface area contributed by atoms with Gasteiger partial charge in [0.25, 0.3) is 0 Å². The van der Waals surface area contributed by atoms with Crippen LogP contribution in [0.15, 0.2) is 0 Å². The first-order chi connectivity index (χ1) is 10.9. The van der Waals surface area contributed by atoms with E-state index in [0.29, 0.717) is 12.8 Å². The van der Waals surface area contributed by atoms with Gasteiger partial charge in [-0.15, -0.1) is 0 Å². The molecule has 0 aromatic rings. The minimum absolute atomic E-state index is 0.0860. The van der Waals surface area contributed by atoms with Crippen LogP contribution in [0.1, 0.15) is 67.2 Å². The molecule has 0 rings (SSSR count). The summed E-state index contributed by atoms with van der Waals surface area (Å²) in [6.07, 6.45) is -0.673. The highest BCUT2D eigenvalue weighted by atomic mass is 16.6. The van der Waals surface area contributed by atoms with Gasteiger partial charge in [-0.05, 0) is 54.4 Å². The fraction of sp³-hybridized carbons (Fsp3) is 0.765. The van der Waals surface area contributed by atoms with Crippen molar-refractivity contribution in [3.63, 3.8) is 0 Å². The van der Waals surface area contributed by atoms with Crippen molar-refractivity contribution >= 4 is 23.7 Å².